The first-order chi connectivity index (χ1) is 7.13. The number of H-pyrrole nitrogens is 1. The molecule has 4 heteroatoms. The van der Waals surface area contributed by atoms with Crippen LogP contribution in [0.2, 0.25) is 0 Å². The van der Waals surface area contributed by atoms with Crippen LogP contribution in [0.15, 0.2) is 23.0 Å². The second-order valence-electron chi connectivity index (χ2n) is 3.42. The summed E-state index contributed by atoms with van der Waals surface area (Å²) in [4.78, 5) is 13.8. The highest BCUT2D eigenvalue weighted by atomic mass is 35.5. The van der Waals surface area contributed by atoms with Crippen LogP contribution in [0.5, 0.6) is 0 Å². The second kappa shape index (κ2) is 3.66. The summed E-state index contributed by atoms with van der Waals surface area (Å²) in [6.07, 6.45) is 0. The maximum atomic E-state index is 13.7. The molecule has 0 spiro atoms. The average molecular weight is 226 g/mol. The lowest BCUT2D eigenvalue weighted by Crippen LogP contribution is -2.09. The van der Waals surface area contributed by atoms with Gasteiger partial charge < -0.3 is 4.98 Å². The van der Waals surface area contributed by atoms with Crippen LogP contribution >= 0.6 is 11.6 Å². The first kappa shape index (κ1) is 10.2. The van der Waals surface area contributed by atoms with Crippen molar-refractivity contribution in [3.63, 3.8) is 0 Å². The zero-order chi connectivity index (χ0) is 11.0. The van der Waals surface area contributed by atoms with Crippen LogP contribution in [-0.4, -0.2) is 4.98 Å². The van der Waals surface area contributed by atoms with E-state index in [2.05, 4.69) is 4.98 Å². The number of pyridine rings is 1. The Morgan fingerprint density at radius 2 is 2.20 bits per heavy atom. The molecule has 78 valence electrons. The van der Waals surface area contributed by atoms with Gasteiger partial charge in [0.15, 0.2) is 5.82 Å². The quantitative estimate of drug-likeness (QED) is 0.744. The van der Waals surface area contributed by atoms with Crippen molar-refractivity contribution in [3.05, 3.63) is 45.5 Å². The average Bonchev–Trinajstić information content (AvgIpc) is 2.22. The molecule has 0 amide bonds. The Labute approximate surface area is 90.7 Å². The van der Waals surface area contributed by atoms with E-state index >= 15 is 0 Å². The van der Waals surface area contributed by atoms with Gasteiger partial charge in [0.25, 0.3) is 5.56 Å². The summed E-state index contributed by atoms with van der Waals surface area (Å²) in [5, 5.41) is 0.679. The fourth-order valence-corrected chi connectivity index (χ4v) is 1.70. The molecule has 0 unspecified atom stereocenters. The van der Waals surface area contributed by atoms with Crippen LogP contribution in [0, 0.1) is 12.7 Å². The molecule has 1 heterocycles. The van der Waals surface area contributed by atoms with Crippen LogP contribution in [0.1, 0.15) is 11.1 Å². The van der Waals surface area contributed by atoms with Crippen molar-refractivity contribution in [2.45, 2.75) is 12.8 Å². The number of aryl methyl sites for hydroxylation is 1. The molecule has 0 aliphatic carbocycles. The molecule has 0 aliphatic rings. The predicted molar refractivity (Wildman–Crippen MR) is 58.8 cm³/mol. The van der Waals surface area contributed by atoms with Crippen molar-refractivity contribution in [3.8, 4) is 0 Å². The number of alkyl halides is 1. The molecule has 15 heavy (non-hydrogen) atoms. The molecule has 1 aromatic carbocycles. The van der Waals surface area contributed by atoms with E-state index in [1.54, 1.807) is 25.1 Å². The maximum Gasteiger partial charge on any atom is 0.251 e. The van der Waals surface area contributed by atoms with E-state index in [4.69, 9.17) is 11.6 Å². The summed E-state index contributed by atoms with van der Waals surface area (Å²) in [6, 6.07) is 5.04. The molecule has 0 atom stereocenters. The minimum atomic E-state index is -0.445. The fourth-order valence-electron chi connectivity index (χ4n) is 1.50. The Hall–Kier alpha value is -1.35. The summed E-state index contributed by atoms with van der Waals surface area (Å²) in [7, 11) is 0. The summed E-state index contributed by atoms with van der Waals surface area (Å²) < 4.78 is 13.7. The third-order valence-electron chi connectivity index (χ3n) is 2.37. The molecule has 0 fully saturated rings. The Morgan fingerprint density at radius 3 is 2.87 bits per heavy atom. The van der Waals surface area contributed by atoms with E-state index in [-0.39, 0.29) is 17.0 Å². The van der Waals surface area contributed by atoms with E-state index in [0.717, 1.165) is 0 Å². The molecule has 0 radical (unpaired) electrons. The van der Waals surface area contributed by atoms with Gasteiger partial charge in [0, 0.05) is 16.5 Å². The standard InChI is InChI=1S/C11H9ClFNO/c1-6-4-7-2-3-8(5-12)9(13)10(7)14-11(6)15/h2-4H,5H2,1H3,(H,14,15). The lowest BCUT2D eigenvalue weighted by Gasteiger charge is -2.04. The highest BCUT2D eigenvalue weighted by Crippen LogP contribution is 2.19. The van der Waals surface area contributed by atoms with Gasteiger partial charge >= 0.3 is 0 Å². The summed E-state index contributed by atoms with van der Waals surface area (Å²) in [5.74, 6) is -0.350. The van der Waals surface area contributed by atoms with Gasteiger partial charge in [0.1, 0.15) is 0 Å². The van der Waals surface area contributed by atoms with Crippen LogP contribution < -0.4 is 5.56 Å². The minimum absolute atomic E-state index is 0.0949. The lowest BCUT2D eigenvalue weighted by molar-refractivity contribution is 0.626. The SMILES string of the molecule is Cc1cc2ccc(CCl)c(F)c2[nH]c1=O. The van der Waals surface area contributed by atoms with E-state index in [9.17, 15) is 9.18 Å². The van der Waals surface area contributed by atoms with Crippen molar-refractivity contribution in [2.24, 2.45) is 0 Å². The third-order valence-corrected chi connectivity index (χ3v) is 2.65. The fraction of sp³-hybridized carbons (Fsp3) is 0.182. The van der Waals surface area contributed by atoms with Gasteiger partial charge in [-0.3, -0.25) is 4.79 Å². The largest absolute Gasteiger partial charge is 0.319 e. The molecule has 0 saturated carbocycles. The number of aromatic nitrogens is 1. The number of halogens is 2. The first-order valence-electron chi connectivity index (χ1n) is 4.50. The van der Waals surface area contributed by atoms with Gasteiger partial charge in [0.2, 0.25) is 0 Å². The molecule has 2 rings (SSSR count). The van der Waals surface area contributed by atoms with Crippen LogP contribution in [0.25, 0.3) is 10.9 Å². The minimum Gasteiger partial charge on any atom is -0.319 e. The number of hydrogen-bond donors (Lipinski definition) is 1. The van der Waals surface area contributed by atoms with E-state index < -0.39 is 5.82 Å². The number of rotatable bonds is 1. The lowest BCUT2D eigenvalue weighted by atomic mass is 10.1. The van der Waals surface area contributed by atoms with Gasteiger partial charge in [-0.05, 0) is 13.0 Å². The smallest absolute Gasteiger partial charge is 0.251 e. The van der Waals surface area contributed by atoms with Gasteiger partial charge in [0.05, 0.1) is 11.4 Å². The molecule has 0 bridgehead atoms. The van der Waals surface area contributed by atoms with Crippen LogP contribution in [0.4, 0.5) is 4.39 Å². The van der Waals surface area contributed by atoms with Crippen molar-refractivity contribution < 1.29 is 4.39 Å². The Kier molecular flexibility index (Phi) is 2.49. The van der Waals surface area contributed by atoms with Crippen molar-refractivity contribution >= 4 is 22.5 Å². The Balaban J connectivity index is 2.87. The number of fused-ring (bicyclic) bond motifs is 1. The number of benzene rings is 1. The third kappa shape index (κ3) is 1.63. The van der Waals surface area contributed by atoms with Gasteiger partial charge in [-0.15, -0.1) is 11.6 Å². The number of aromatic amines is 1. The summed E-state index contributed by atoms with van der Waals surface area (Å²) in [5.41, 5.74) is 0.918. The van der Waals surface area contributed by atoms with Crippen molar-refractivity contribution in [2.75, 3.05) is 0 Å². The zero-order valence-electron chi connectivity index (χ0n) is 8.10. The van der Waals surface area contributed by atoms with Gasteiger partial charge in [-0.25, -0.2) is 4.39 Å². The van der Waals surface area contributed by atoms with E-state index in [1.165, 1.54) is 0 Å². The van der Waals surface area contributed by atoms with Gasteiger partial charge in [-0.1, -0.05) is 12.1 Å². The number of nitrogens with one attached hydrogen (secondary N) is 1. The normalized spacial score (nSPS) is 10.9. The zero-order valence-corrected chi connectivity index (χ0v) is 8.86. The first-order valence-corrected chi connectivity index (χ1v) is 5.04. The van der Waals surface area contributed by atoms with E-state index in [1.807, 2.05) is 0 Å². The Morgan fingerprint density at radius 1 is 1.47 bits per heavy atom. The summed E-state index contributed by atoms with van der Waals surface area (Å²) >= 11 is 5.57. The van der Waals surface area contributed by atoms with E-state index in [0.29, 0.717) is 16.5 Å². The van der Waals surface area contributed by atoms with Crippen molar-refractivity contribution in [1.82, 2.24) is 4.98 Å². The Bertz CT molecular complexity index is 577. The molecule has 1 aromatic heterocycles. The monoisotopic (exact) mass is 225 g/mol. The van der Waals surface area contributed by atoms with Gasteiger partial charge in [-0.2, -0.15) is 0 Å². The molecular weight excluding hydrogens is 217 g/mol. The molecule has 0 saturated heterocycles. The molecule has 0 aliphatic heterocycles. The molecule has 2 aromatic rings. The second-order valence-corrected chi connectivity index (χ2v) is 3.69. The molecule has 1 N–H and O–H groups in total. The van der Waals surface area contributed by atoms with Crippen molar-refractivity contribution in [1.29, 1.82) is 0 Å². The predicted octanol–water partition coefficient (Wildman–Crippen LogP) is 2.71. The topological polar surface area (TPSA) is 32.9 Å². The van der Waals surface area contributed by atoms with Crippen LogP contribution in [-0.2, 0) is 5.88 Å². The maximum absolute atomic E-state index is 13.7. The molecule has 2 nitrogen and oxygen atoms in total. The molecular formula is C11H9ClFNO. The summed E-state index contributed by atoms with van der Waals surface area (Å²) in [6.45, 7) is 1.69. The van der Waals surface area contributed by atoms with Crippen LogP contribution in [0.3, 0.4) is 0 Å². The highest BCUT2D eigenvalue weighted by Gasteiger charge is 2.08. The number of hydrogen-bond acceptors (Lipinski definition) is 1. The highest BCUT2D eigenvalue weighted by molar-refractivity contribution is 6.17.